The van der Waals surface area contributed by atoms with Gasteiger partial charge in [-0.3, -0.25) is 0 Å². The molecule has 1 aromatic heterocycles. The summed E-state index contributed by atoms with van der Waals surface area (Å²) in [6.45, 7) is 0. The predicted molar refractivity (Wildman–Crippen MR) is 73.1 cm³/mol. The Labute approximate surface area is 109 Å². The van der Waals surface area contributed by atoms with Crippen molar-refractivity contribution in [2.45, 2.75) is 0 Å². The quantitative estimate of drug-likeness (QED) is 0.763. The van der Waals surface area contributed by atoms with E-state index in [1.165, 1.54) is 0 Å². The van der Waals surface area contributed by atoms with Crippen molar-refractivity contribution in [3.05, 3.63) is 54.4 Å². The third-order valence-corrected chi connectivity index (χ3v) is 3.19. The van der Waals surface area contributed by atoms with Crippen LogP contribution in [0.1, 0.15) is 10.4 Å². The minimum atomic E-state index is -0.909. The average molecular weight is 252 g/mol. The summed E-state index contributed by atoms with van der Waals surface area (Å²) < 4.78 is 1.96. The molecule has 3 rings (SSSR count). The van der Waals surface area contributed by atoms with Crippen LogP contribution in [-0.4, -0.2) is 20.6 Å². The van der Waals surface area contributed by atoms with E-state index in [1.54, 1.807) is 18.5 Å². The molecular weight excluding hydrogens is 240 g/mol. The number of carbonyl (C=O) groups is 1. The highest BCUT2D eigenvalue weighted by Crippen LogP contribution is 2.24. The van der Waals surface area contributed by atoms with Crippen LogP contribution in [0.3, 0.4) is 0 Å². The molecule has 2 aromatic carbocycles. The Morgan fingerprint density at radius 2 is 1.79 bits per heavy atom. The average Bonchev–Trinajstić information content (AvgIpc) is 2.80. The van der Waals surface area contributed by atoms with Crippen molar-refractivity contribution in [3.8, 4) is 11.1 Å². The third kappa shape index (κ3) is 1.97. The lowest BCUT2D eigenvalue weighted by atomic mass is 10.0. The van der Waals surface area contributed by atoms with Crippen molar-refractivity contribution in [3.63, 3.8) is 0 Å². The van der Waals surface area contributed by atoms with Gasteiger partial charge < -0.3 is 9.67 Å². The molecule has 4 nitrogen and oxygen atoms in total. The summed E-state index contributed by atoms with van der Waals surface area (Å²) in [6.07, 6.45) is 1.78. The zero-order chi connectivity index (χ0) is 13.4. The second-order valence-electron chi connectivity index (χ2n) is 4.44. The van der Waals surface area contributed by atoms with Crippen LogP contribution in [0.4, 0.5) is 0 Å². The summed E-state index contributed by atoms with van der Waals surface area (Å²) in [7, 11) is 1.95. The SMILES string of the molecule is Cn1cnc2ccc(-c3ccc(C(=O)O)cc3)cc21. The molecule has 0 saturated heterocycles. The Morgan fingerprint density at radius 1 is 1.11 bits per heavy atom. The van der Waals surface area contributed by atoms with Gasteiger partial charge in [0.25, 0.3) is 0 Å². The van der Waals surface area contributed by atoms with Crippen LogP contribution in [0.15, 0.2) is 48.8 Å². The molecule has 0 aliphatic carbocycles. The molecular formula is C15H12N2O2. The Hall–Kier alpha value is -2.62. The highest BCUT2D eigenvalue weighted by atomic mass is 16.4. The summed E-state index contributed by atoms with van der Waals surface area (Å²) >= 11 is 0. The van der Waals surface area contributed by atoms with E-state index in [1.807, 2.05) is 35.9 Å². The van der Waals surface area contributed by atoms with Crippen molar-refractivity contribution < 1.29 is 9.90 Å². The molecule has 0 saturated carbocycles. The summed E-state index contributed by atoms with van der Waals surface area (Å²) in [6, 6.07) is 12.9. The van der Waals surface area contributed by atoms with Gasteiger partial charge in [0.15, 0.2) is 0 Å². The second kappa shape index (κ2) is 4.24. The van der Waals surface area contributed by atoms with Crippen LogP contribution in [0, 0.1) is 0 Å². The van der Waals surface area contributed by atoms with Crippen molar-refractivity contribution in [1.29, 1.82) is 0 Å². The Morgan fingerprint density at radius 3 is 2.47 bits per heavy atom. The molecule has 1 heterocycles. The summed E-state index contributed by atoms with van der Waals surface area (Å²) in [5.74, 6) is -0.909. The van der Waals surface area contributed by atoms with E-state index in [2.05, 4.69) is 11.1 Å². The van der Waals surface area contributed by atoms with Gasteiger partial charge in [-0.05, 0) is 35.4 Å². The van der Waals surface area contributed by atoms with E-state index >= 15 is 0 Å². The van der Waals surface area contributed by atoms with Crippen LogP contribution in [0.5, 0.6) is 0 Å². The molecule has 0 spiro atoms. The maximum atomic E-state index is 10.8. The van der Waals surface area contributed by atoms with E-state index < -0.39 is 5.97 Å². The summed E-state index contributed by atoms with van der Waals surface area (Å²) in [5, 5.41) is 8.88. The first-order valence-corrected chi connectivity index (χ1v) is 5.90. The molecule has 0 radical (unpaired) electrons. The summed E-state index contributed by atoms with van der Waals surface area (Å²) in [5.41, 5.74) is 4.35. The number of benzene rings is 2. The van der Waals surface area contributed by atoms with Crippen LogP contribution in [0.25, 0.3) is 22.2 Å². The number of hydrogen-bond acceptors (Lipinski definition) is 2. The number of aryl methyl sites for hydroxylation is 1. The van der Waals surface area contributed by atoms with E-state index in [9.17, 15) is 4.79 Å². The standard InChI is InChI=1S/C15H12N2O2/c1-17-9-16-13-7-6-12(8-14(13)17)10-2-4-11(5-3-10)15(18)19/h2-9H,1H3,(H,18,19). The van der Waals surface area contributed by atoms with Crippen molar-refractivity contribution in [1.82, 2.24) is 9.55 Å². The van der Waals surface area contributed by atoms with E-state index in [-0.39, 0.29) is 0 Å². The number of imidazole rings is 1. The minimum absolute atomic E-state index is 0.297. The Bertz CT molecular complexity index is 757. The number of rotatable bonds is 2. The number of carboxylic acid groups (broad SMARTS) is 1. The number of aromatic nitrogens is 2. The maximum absolute atomic E-state index is 10.8. The fourth-order valence-corrected chi connectivity index (χ4v) is 2.11. The number of fused-ring (bicyclic) bond motifs is 1. The van der Waals surface area contributed by atoms with Crippen LogP contribution in [0.2, 0.25) is 0 Å². The molecule has 19 heavy (non-hydrogen) atoms. The van der Waals surface area contributed by atoms with Crippen LogP contribution in [-0.2, 0) is 7.05 Å². The van der Waals surface area contributed by atoms with E-state index in [0.29, 0.717) is 5.56 Å². The van der Waals surface area contributed by atoms with Gasteiger partial charge in [0.05, 0.1) is 22.9 Å². The first kappa shape index (κ1) is 11.5. The van der Waals surface area contributed by atoms with Crippen molar-refractivity contribution >= 4 is 17.0 Å². The molecule has 0 bridgehead atoms. The lowest BCUT2D eigenvalue weighted by Crippen LogP contribution is -1.95. The topological polar surface area (TPSA) is 55.1 Å². The number of aromatic carboxylic acids is 1. The first-order chi connectivity index (χ1) is 9.15. The van der Waals surface area contributed by atoms with Crippen molar-refractivity contribution in [2.75, 3.05) is 0 Å². The smallest absolute Gasteiger partial charge is 0.335 e. The molecule has 0 amide bonds. The first-order valence-electron chi connectivity index (χ1n) is 5.90. The molecule has 0 aliphatic rings. The second-order valence-corrected chi connectivity index (χ2v) is 4.44. The molecule has 0 unspecified atom stereocenters. The van der Waals surface area contributed by atoms with Gasteiger partial charge in [-0.1, -0.05) is 18.2 Å². The number of hydrogen-bond donors (Lipinski definition) is 1. The zero-order valence-corrected chi connectivity index (χ0v) is 10.4. The Kier molecular flexibility index (Phi) is 2.56. The third-order valence-electron chi connectivity index (χ3n) is 3.19. The monoisotopic (exact) mass is 252 g/mol. The van der Waals surface area contributed by atoms with Crippen LogP contribution < -0.4 is 0 Å². The largest absolute Gasteiger partial charge is 0.478 e. The molecule has 4 heteroatoms. The van der Waals surface area contributed by atoms with Crippen molar-refractivity contribution in [2.24, 2.45) is 7.05 Å². The van der Waals surface area contributed by atoms with Gasteiger partial charge >= 0.3 is 5.97 Å². The van der Waals surface area contributed by atoms with Gasteiger partial charge in [0.1, 0.15) is 0 Å². The summed E-state index contributed by atoms with van der Waals surface area (Å²) in [4.78, 5) is 15.1. The Balaban J connectivity index is 2.08. The molecule has 1 N–H and O–H groups in total. The van der Waals surface area contributed by atoms with Crippen LogP contribution >= 0.6 is 0 Å². The zero-order valence-electron chi connectivity index (χ0n) is 10.4. The molecule has 94 valence electrons. The minimum Gasteiger partial charge on any atom is -0.478 e. The number of nitrogens with zero attached hydrogens (tertiary/aromatic N) is 2. The van der Waals surface area contributed by atoms with Gasteiger partial charge in [0, 0.05) is 7.05 Å². The van der Waals surface area contributed by atoms with Gasteiger partial charge in [-0.2, -0.15) is 0 Å². The lowest BCUT2D eigenvalue weighted by Gasteiger charge is -2.03. The van der Waals surface area contributed by atoms with E-state index in [4.69, 9.17) is 5.11 Å². The highest BCUT2D eigenvalue weighted by Gasteiger charge is 2.05. The molecule has 3 aromatic rings. The van der Waals surface area contributed by atoms with Gasteiger partial charge in [0.2, 0.25) is 0 Å². The van der Waals surface area contributed by atoms with E-state index in [0.717, 1.165) is 22.2 Å². The van der Waals surface area contributed by atoms with Gasteiger partial charge in [-0.25, -0.2) is 9.78 Å². The van der Waals surface area contributed by atoms with Gasteiger partial charge in [-0.15, -0.1) is 0 Å². The molecule has 0 atom stereocenters. The fourth-order valence-electron chi connectivity index (χ4n) is 2.11. The highest BCUT2D eigenvalue weighted by molar-refractivity contribution is 5.89. The normalized spacial score (nSPS) is 10.8. The lowest BCUT2D eigenvalue weighted by molar-refractivity contribution is 0.0697. The molecule has 0 fully saturated rings. The maximum Gasteiger partial charge on any atom is 0.335 e. The predicted octanol–water partition coefficient (Wildman–Crippen LogP) is 2.94. The number of carboxylic acids is 1. The fraction of sp³-hybridized carbons (Fsp3) is 0.0667. The molecule has 0 aliphatic heterocycles.